The highest BCUT2D eigenvalue weighted by molar-refractivity contribution is 7.81. The Labute approximate surface area is 227 Å². The molecule has 1 unspecified atom stereocenters. The number of primary amides is 1. The molecule has 0 fully saturated rings. The van der Waals surface area contributed by atoms with Gasteiger partial charge in [-0.1, -0.05) is 32.0 Å². The van der Waals surface area contributed by atoms with E-state index in [1.165, 1.54) is 26.5 Å². The summed E-state index contributed by atoms with van der Waals surface area (Å²) >= 11 is -2.91. The number of carbonyl (C=O) groups is 1. The van der Waals surface area contributed by atoms with Crippen molar-refractivity contribution in [3.05, 3.63) is 72.2 Å². The Morgan fingerprint density at radius 2 is 1.77 bits per heavy atom. The van der Waals surface area contributed by atoms with Crippen molar-refractivity contribution in [3.63, 3.8) is 0 Å². The topological polar surface area (TPSA) is 166 Å². The lowest BCUT2D eigenvalue weighted by atomic mass is 10.1. The first kappa shape index (κ1) is 27.4. The third-order valence-corrected chi connectivity index (χ3v) is 6.21. The summed E-state index contributed by atoms with van der Waals surface area (Å²) in [5, 5.41) is 0. The normalized spacial score (nSPS) is 11.6. The van der Waals surface area contributed by atoms with Crippen LogP contribution >= 0.6 is 0 Å². The first-order valence-corrected chi connectivity index (χ1v) is 12.6. The van der Waals surface area contributed by atoms with Crippen LogP contribution in [0.5, 0.6) is 23.1 Å². The second-order valence-corrected chi connectivity index (χ2v) is 9.17. The number of benzene rings is 1. The summed E-state index contributed by atoms with van der Waals surface area (Å²) in [6, 6.07) is 13.0. The van der Waals surface area contributed by atoms with Crippen LogP contribution in [0.2, 0.25) is 0 Å². The fraction of sp³-hybridized carbons (Fsp3) is 0.192. The number of nitrogens with two attached hydrogens (primary N) is 1. The summed E-state index contributed by atoms with van der Waals surface area (Å²) in [4.78, 5) is 28.9. The number of nitrogens with zero attached hydrogens (tertiary/aromatic N) is 5. The van der Waals surface area contributed by atoms with Crippen molar-refractivity contribution >= 4 is 28.8 Å². The number of aromatic nitrogens is 4. The summed E-state index contributed by atoms with van der Waals surface area (Å²) in [7, 11) is 2.82. The molecule has 0 saturated heterocycles. The molecule has 3 aromatic heterocycles. The highest BCUT2D eigenvalue weighted by atomic mass is 32.2. The van der Waals surface area contributed by atoms with Gasteiger partial charge in [-0.05, 0) is 41.8 Å². The number of carbonyl (C=O) groups excluding carboxylic acids is 1. The quantitative estimate of drug-likeness (QED) is 0.287. The SMILES string of the molecule is COc1ccccc1Oc1c(OC)nc(-c2ccnc(C(N)=O)c2)nc1N(c1ccc(C(C)C)cn1)S(=O)[O-]. The fourth-order valence-corrected chi connectivity index (χ4v) is 4.07. The number of rotatable bonds is 10. The predicted molar refractivity (Wildman–Crippen MR) is 143 cm³/mol. The van der Waals surface area contributed by atoms with Gasteiger partial charge in [-0.25, -0.2) is 14.3 Å². The number of anilines is 2. The largest absolute Gasteiger partial charge is 0.755 e. The van der Waals surface area contributed by atoms with E-state index >= 15 is 0 Å². The summed E-state index contributed by atoms with van der Waals surface area (Å²) in [5.74, 6) is -0.263. The van der Waals surface area contributed by atoms with E-state index in [0.717, 1.165) is 9.87 Å². The number of hydrogen-bond acceptors (Lipinski definition) is 10. The number of methoxy groups -OCH3 is 2. The monoisotopic (exact) mass is 549 g/mol. The maximum absolute atomic E-state index is 12.7. The van der Waals surface area contributed by atoms with E-state index in [0.29, 0.717) is 11.3 Å². The second-order valence-electron chi connectivity index (χ2n) is 8.37. The van der Waals surface area contributed by atoms with Crippen LogP contribution in [0, 0.1) is 0 Å². The number of amides is 1. The van der Waals surface area contributed by atoms with Gasteiger partial charge < -0.3 is 24.5 Å². The van der Waals surface area contributed by atoms with Gasteiger partial charge in [0, 0.05) is 18.0 Å². The maximum Gasteiger partial charge on any atom is 0.267 e. The van der Waals surface area contributed by atoms with Crippen molar-refractivity contribution in [1.29, 1.82) is 0 Å². The Hall–Kier alpha value is -4.62. The highest BCUT2D eigenvalue weighted by Gasteiger charge is 2.27. The van der Waals surface area contributed by atoms with E-state index in [1.54, 1.807) is 48.7 Å². The van der Waals surface area contributed by atoms with Crippen LogP contribution in [0.4, 0.5) is 11.6 Å². The van der Waals surface area contributed by atoms with E-state index in [1.807, 2.05) is 13.8 Å². The molecule has 4 aromatic rings. The van der Waals surface area contributed by atoms with Gasteiger partial charge in [0.2, 0.25) is 5.75 Å². The zero-order valence-corrected chi connectivity index (χ0v) is 22.3. The molecule has 0 aliphatic heterocycles. The molecule has 13 heteroatoms. The van der Waals surface area contributed by atoms with Crippen molar-refractivity contribution in [3.8, 4) is 34.5 Å². The maximum atomic E-state index is 12.7. The van der Waals surface area contributed by atoms with Crippen molar-refractivity contribution < 1.29 is 27.8 Å². The average Bonchev–Trinajstić information content (AvgIpc) is 2.94. The minimum absolute atomic E-state index is 0.0216. The molecule has 0 bridgehead atoms. The van der Waals surface area contributed by atoms with Crippen molar-refractivity contribution in [1.82, 2.24) is 19.9 Å². The molecule has 1 aromatic carbocycles. The number of pyridine rings is 2. The third kappa shape index (κ3) is 5.94. The standard InChI is InChI=1S/C26H26N6O6S/c1-15(2)17-9-10-21(29-14-17)32(39(34)35)25-22(38-20-8-6-5-7-19(20)36-3)26(37-4)31-24(30-25)16-11-12-28-18(13-16)23(27)33/h5-15H,1-4H3,(H2,27,33)(H,34,35)/p-1. The molecule has 3 heterocycles. The molecule has 4 rings (SSSR count). The summed E-state index contributed by atoms with van der Waals surface area (Å²) < 4.78 is 43.2. The Morgan fingerprint density at radius 3 is 2.36 bits per heavy atom. The van der Waals surface area contributed by atoms with Gasteiger partial charge >= 0.3 is 0 Å². The molecule has 39 heavy (non-hydrogen) atoms. The Kier molecular flexibility index (Phi) is 8.32. The molecule has 0 radical (unpaired) electrons. The van der Waals surface area contributed by atoms with Crippen molar-refractivity contribution in [2.24, 2.45) is 5.73 Å². The minimum Gasteiger partial charge on any atom is -0.755 e. The van der Waals surface area contributed by atoms with Crippen LogP contribution < -0.4 is 24.2 Å². The smallest absolute Gasteiger partial charge is 0.267 e. The van der Waals surface area contributed by atoms with Gasteiger partial charge in [0.1, 0.15) is 11.5 Å². The highest BCUT2D eigenvalue weighted by Crippen LogP contribution is 2.44. The van der Waals surface area contributed by atoms with Crippen LogP contribution in [0.25, 0.3) is 11.4 Å². The lowest BCUT2D eigenvalue weighted by Gasteiger charge is -2.27. The predicted octanol–water partition coefficient (Wildman–Crippen LogP) is 3.90. The second kappa shape index (κ2) is 11.8. The Balaban J connectivity index is 1.97. The van der Waals surface area contributed by atoms with Crippen molar-refractivity contribution in [2.45, 2.75) is 19.8 Å². The fourth-order valence-electron chi connectivity index (χ4n) is 3.55. The molecule has 2 N–H and O–H groups in total. The van der Waals surface area contributed by atoms with E-state index in [2.05, 4.69) is 19.9 Å². The van der Waals surface area contributed by atoms with Gasteiger partial charge in [0.05, 0.1) is 25.5 Å². The van der Waals surface area contributed by atoms with E-state index in [9.17, 15) is 13.6 Å². The minimum atomic E-state index is -2.91. The molecule has 12 nitrogen and oxygen atoms in total. The number of ether oxygens (including phenoxy) is 3. The number of para-hydroxylation sites is 2. The lowest BCUT2D eigenvalue weighted by molar-refractivity contribution is 0.0995. The number of hydrogen-bond donors (Lipinski definition) is 1. The zero-order valence-electron chi connectivity index (χ0n) is 21.5. The zero-order chi connectivity index (χ0) is 28.1. The van der Waals surface area contributed by atoms with Crippen LogP contribution in [0.15, 0.2) is 60.9 Å². The van der Waals surface area contributed by atoms with Gasteiger partial charge in [-0.2, -0.15) is 4.98 Å². The molecular weight excluding hydrogens is 524 g/mol. The van der Waals surface area contributed by atoms with E-state index in [-0.39, 0.29) is 46.5 Å². The first-order chi connectivity index (χ1) is 18.7. The van der Waals surface area contributed by atoms with Crippen molar-refractivity contribution in [2.75, 3.05) is 18.5 Å². The molecular formula is C26H25N6O6S-. The first-order valence-electron chi connectivity index (χ1n) is 11.6. The molecule has 1 atom stereocenters. The lowest BCUT2D eigenvalue weighted by Crippen LogP contribution is -2.23. The Bertz CT molecular complexity index is 1520. The molecule has 1 amide bonds. The molecule has 0 aliphatic rings. The van der Waals surface area contributed by atoms with Crippen LogP contribution in [-0.4, -0.2) is 48.8 Å². The van der Waals surface area contributed by atoms with Crippen LogP contribution in [0.3, 0.4) is 0 Å². The Morgan fingerprint density at radius 1 is 1.03 bits per heavy atom. The summed E-state index contributed by atoms with van der Waals surface area (Å²) in [5.41, 5.74) is 6.61. The van der Waals surface area contributed by atoms with Crippen LogP contribution in [-0.2, 0) is 11.3 Å². The van der Waals surface area contributed by atoms with Gasteiger partial charge in [0.25, 0.3) is 11.8 Å². The summed E-state index contributed by atoms with van der Waals surface area (Å²) in [6.45, 7) is 3.99. The van der Waals surface area contributed by atoms with Gasteiger partial charge in [-0.3, -0.25) is 14.0 Å². The van der Waals surface area contributed by atoms with E-state index < -0.39 is 17.2 Å². The van der Waals surface area contributed by atoms with E-state index in [4.69, 9.17) is 19.9 Å². The average molecular weight is 550 g/mol. The van der Waals surface area contributed by atoms with Gasteiger partial charge in [0.15, 0.2) is 23.1 Å². The third-order valence-electron chi connectivity index (χ3n) is 5.55. The molecule has 202 valence electrons. The molecule has 0 saturated carbocycles. The molecule has 0 aliphatic carbocycles. The molecule has 0 spiro atoms. The van der Waals surface area contributed by atoms with Gasteiger partial charge in [-0.15, -0.1) is 0 Å². The van der Waals surface area contributed by atoms with Crippen LogP contribution in [0.1, 0.15) is 35.8 Å². The summed E-state index contributed by atoms with van der Waals surface area (Å²) in [6.07, 6.45) is 2.95.